The van der Waals surface area contributed by atoms with Gasteiger partial charge in [0.25, 0.3) is 5.91 Å². The molecule has 0 saturated heterocycles. The Morgan fingerprint density at radius 1 is 1.18 bits per heavy atom. The van der Waals surface area contributed by atoms with E-state index in [1.54, 1.807) is 19.1 Å². The van der Waals surface area contributed by atoms with Crippen LogP contribution in [-0.4, -0.2) is 78.4 Å². The van der Waals surface area contributed by atoms with E-state index >= 15 is 0 Å². The predicted octanol–water partition coefficient (Wildman–Crippen LogP) is -0.931. The zero-order valence-corrected chi connectivity index (χ0v) is 21.3. The first kappa shape index (κ1) is 28.1. The molecule has 4 atom stereocenters. The number of carboxylic acid groups (broad SMARTS) is 1. The molecule has 204 valence electrons. The van der Waals surface area contributed by atoms with Crippen molar-refractivity contribution in [2.75, 3.05) is 4.90 Å². The third-order valence-corrected chi connectivity index (χ3v) is 6.28. The quantitative estimate of drug-likeness (QED) is 0.228. The molecule has 3 rings (SSSR count). The Labute approximate surface area is 218 Å². The number of tetrazole rings is 1. The summed E-state index contributed by atoms with van der Waals surface area (Å²) >= 11 is 0. The summed E-state index contributed by atoms with van der Waals surface area (Å²) in [6.07, 6.45) is 1.63. The normalized spacial score (nSPS) is 16.6. The number of pyridine rings is 1. The lowest BCUT2D eigenvalue weighted by molar-refractivity contribution is -0.139. The molecule has 5 N–H and O–H groups in total. The Hall–Kier alpha value is -4.43. The molecule has 0 aliphatic carbocycles. The highest BCUT2D eigenvalue weighted by Gasteiger charge is 2.41. The number of amides is 4. The van der Waals surface area contributed by atoms with Gasteiger partial charge in [-0.25, -0.2) is 4.98 Å². The van der Waals surface area contributed by atoms with Crippen molar-refractivity contribution in [3.05, 3.63) is 29.7 Å². The first-order valence-corrected chi connectivity index (χ1v) is 12.2. The molecule has 0 bridgehead atoms. The summed E-state index contributed by atoms with van der Waals surface area (Å²) in [5.74, 6) is -3.02. The lowest BCUT2D eigenvalue weighted by atomic mass is 9.97. The van der Waals surface area contributed by atoms with E-state index in [1.165, 1.54) is 18.0 Å². The molecule has 3 heterocycles. The number of H-pyrrole nitrogens is 1. The Morgan fingerprint density at radius 2 is 1.95 bits per heavy atom. The largest absolute Gasteiger partial charge is 0.481 e. The number of aromatic nitrogens is 5. The van der Waals surface area contributed by atoms with Crippen molar-refractivity contribution in [2.24, 2.45) is 5.92 Å². The van der Waals surface area contributed by atoms with Gasteiger partial charge >= 0.3 is 5.97 Å². The fraction of sp³-hybridized carbons (Fsp3) is 0.522. The number of aliphatic carboxylic acids is 1. The molecule has 0 saturated carbocycles. The molecule has 15 heteroatoms. The monoisotopic (exact) mass is 529 g/mol. The first-order chi connectivity index (χ1) is 18.1. The average Bonchev–Trinajstić information content (AvgIpc) is 3.56. The lowest BCUT2D eigenvalue weighted by Gasteiger charge is -2.29. The van der Waals surface area contributed by atoms with Gasteiger partial charge in [0.1, 0.15) is 23.9 Å². The molecule has 1 aliphatic heterocycles. The number of fused-ring (bicyclic) bond motifs is 1. The van der Waals surface area contributed by atoms with E-state index in [1.807, 2.05) is 6.92 Å². The third-order valence-electron chi connectivity index (χ3n) is 6.28. The Bertz CT molecular complexity index is 1170. The van der Waals surface area contributed by atoms with Crippen LogP contribution in [0, 0.1) is 5.92 Å². The summed E-state index contributed by atoms with van der Waals surface area (Å²) in [5.41, 5.74) is 0.697. The first-order valence-electron chi connectivity index (χ1n) is 12.2. The molecule has 4 amide bonds. The summed E-state index contributed by atoms with van der Waals surface area (Å²) in [6, 6.07) is 0.514. The van der Waals surface area contributed by atoms with Gasteiger partial charge in [0, 0.05) is 19.0 Å². The van der Waals surface area contributed by atoms with Crippen LogP contribution in [0.4, 0.5) is 5.82 Å². The fourth-order valence-electron chi connectivity index (χ4n) is 4.00. The van der Waals surface area contributed by atoms with Crippen molar-refractivity contribution >= 4 is 35.4 Å². The van der Waals surface area contributed by atoms with Gasteiger partial charge in [-0.1, -0.05) is 31.5 Å². The number of aromatic amines is 1. The maximum Gasteiger partial charge on any atom is 0.303 e. The van der Waals surface area contributed by atoms with Crippen LogP contribution in [0.25, 0.3) is 0 Å². The van der Waals surface area contributed by atoms with Crippen LogP contribution in [0.3, 0.4) is 0 Å². The van der Waals surface area contributed by atoms with Crippen molar-refractivity contribution in [3.8, 4) is 0 Å². The topological polar surface area (TPSA) is 212 Å². The zero-order valence-electron chi connectivity index (χ0n) is 21.3. The molecule has 38 heavy (non-hydrogen) atoms. The number of nitrogens with zero attached hydrogens (tertiary/aromatic N) is 5. The number of rotatable bonds is 12. The van der Waals surface area contributed by atoms with E-state index in [0.29, 0.717) is 17.8 Å². The second-order valence-electron chi connectivity index (χ2n) is 9.01. The average molecular weight is 530 g/mol. The summed E-state index contributed by atoms with van der Waals surface area (Å²) in [5, 5.41) is 30.0. The minimum absolute atomic E-state index is 0.00207. The fourth-order valence-corrected chi connectivity index (χ4v) is 4.00. The second-order valence-corrected chi connectivity index (χ2v) is 9.01. The highest BCUT2D eigenvalue weighted by Crippen LogP contribution is 2.30. The number of carboxylic acids is 1. The predicted molar refractivity (Wildman–Crippen MR) is 131 cm³/mol. The van der Waals surface area contributed by atoms with Crippen LogP contribution >= 0.6 is 0 Å². The molecule has 3 unspecified atom stereocenters. The van der Waals surface area contributed by atoms with Gasteiger partial charge in [0.05, 0.1) is 13.0 Å². The van der Waals surface area contributed by atoms with E-state index in [9.17, 15) is 24.0 Å². The Kier molecular flexibility index (Phi) is 9.40. The van der Waals surface area contributed by atoms with Crippen molar-refractivity contribution in [1.29, 1.82) is 0 Å². The van der Waals surface area contributed by atoms with Gasteiger partial charge < -0.3 is 21.1 Å². The van der Waals surface area contributed by atoms with Crippen LogP contribution in [0.1, 0.15) is 51.4 Å². The number of carbonyl (C=O) groups is 5. The molecular weight excluding hydrogens is 498 g/mol. The smallest absolute Gasteiger partial charge is 0.303 e. The molecule has 15 nitrogen and oxygen atoms in total. The summed E-state index contributed by atoms with van der Waals surface area (Å²) in [7, 11) is 0. The van der Waals surface area contributed by atoms with E-state index in [4.69, 9.17) is 5.11 Å². The third kappa shape index (κ3) is 6.86. The van der Waals surface area contributed by atoms with Crippen molar-refractivity contribution in [3.63, 3.8) is 0 Å². The van der Waals surface area contributed by atoms with Crippen molar-refractivity contribution in [1.82, 2.24) is 41.6 Å². The molecule has 2 aromatic rings. The number of hydrogen-bond donors (Lipinski definition) is 5. The van der Waals surface area contributed by atoms with Crippen molar-refractivity contribution in [2.45, 2.75) is 71.1 Å². The molecule has 1 aliphatic rings. The summed E-state index contributed by atoms with van der Waals surface area (Å²) in [6.45, 7) is 5.09. The SMILES string of the molecule is CCC(C)C(NC(=O)CCC(=O)O)C(=O)NC(C)C(=O)N1c2ncccc2C[C@H]1C(=O)NCc1nn[nH]n1. The van der Waals surface area contributed by atoms with Gasteiger partial charge in [-0.2, -0.15) is 5.21 Å². The summed E-state index contributed by atoms with van der Waals surface area (Å²) in [4.78, 5) is 68.2. The highest BCUT2D eigenvalue weighted by atomic mass is 16.4. The maximum absolute atomic E-state index is 13.6. The molecule has 0 radical (unpaired) electrons. The van der Waals surface area contributed by atoms with Crippen LogP contribution in [-0.2, 0) is 36.9 Å². The van der Waals surface area contributed by atoms with Crippen molar-refractivity contribution < 1.29 is 29.1 Å². The zero-order chi connectivity index (χ0) is 27.8. The molecular formula is C23H31N9O6. The van der Waals surface area contributed by atoms with E-state index < -0.39 is 47.7 Å². The van der Waals surface area contributed by atoms with Gasteiger partial charge in [-0.3, -0.25) is 28.9 Å². The van der Waals surface area contributed by atoms with E-state index in [0.717, 1.165) is 0 Å². The Balaban J connectivity index is 1.72. The van der Waals surface area contributed by atoms with Gasteiger partial charge in [0.15, 0.2) is 5.82 Å². The van der Waals surface area contributed by atoms with Crippen LogP contribution in [0.15, 0.2) is 18.3 Å². The van der Waals surface area contributed by atoms with Crippen LogP contribution in [0.2, 0.25) is 0 Å². The van der Waals surface area contributed by atoms with E-state index in [-0.39, 0.29) is 37.5 Å². The Morgan fingerprint density at radius 3 is 2.61 bits per heavy atom. The minimum atomic E-state index is -1.13. The maximum atomic E-state index is 13.6. The molecule has 2 aromatic heterocycles. The molecule has 0 aromatic carbocycles. The number of anilines is 1. The number of nitrogens with one attached hydrogen (secondary N) is 4. The summed E-state index contributed by atoms with van der Waals surface area (Å²) < 4.78 is 0. The van der Waals surface area contributed by atoms with Crippen LogP contribution in [0.5, 0.6) is 0 Å². The molecule has 0 spiro atoms. The minimum Gasteiger partial charge on any atom is -0.481 e. The van der Waals surface area contributed by atoms with Gasteiger partial charge in [0.2, 0.25) is 17.7 Å². The standard InChI is InChI=1S/C23H31N9O6/c1-4-12(2)19(27-17(33)7-8-18(34)35)22(37)26-13(3)23(38)32-15(10-14-6-5-9-24-20(14)32)21(36)25-11-16-28-30-31-29-16/h5-6,9,12-13,15,19H,4,7-8,10-11H2,1-3H3,(H,25,36)(H,26,37)(H,27,33)(H,34,35)(H,28,29,30,31)/t12?,13?,15-,19?/m0/s1. The van der Waals surface area contributed by atoms with Gasteiger partial charge in [-0.15, -0.1) is 10.2 Å². The second kappa shape index (κ2) is 12.7. The number of carbonyl (C=O) groups excluding carboxylic acids is 4. The molecule has 0 fully saturated rings. The lowest BCUT2D eigenvalue weighted by Crippen LogP contribution is -2.57. The highest BCUT2D eigenvalue weighted by molar-refractivity contribution is 6.06. The van der Waals surface area contributed by atoms with E-state index in [2.05, 4.69) is 41.6 Å². The number of hydrogen-bond acceptors (Lipinski definition) is 9. The van der Waals surface area contributed by atoms with Crippen LogP contribution < -0.4 is 20.9 Å². The van der Waals surface area contributed by atoms with Gasteiger partial charge in [-0.05, 0) is 24.5 Å².